The largest absolute Gasteiger partial charge is 0.309 e. The third-order valence-electron chi connectivity index (χ3n) is 8.63. The number of anilines is 6. The van der Waals surface area contributed by atoms with Gasteiger partial charge in [0, 0.05) is 53.7 Å². The topological polar surface area (TPSA) is 6.48 Å². The maximum Gasteiger partial charge on any atom is 0.0640 e. The fourth-order valence-electron chi connectivity index (χ4n) is 6.58. The van der Waals surface area contributed by atoms with E-state index in [0.29, 0.717) is 0 Å². The van der Waals surface area contributed by atoms with Gasteiger partial charge in [-0.15, -0.1) is 22.7 Å². The maximum absolute atomic E-state index is 2.43. The third kappa shape index (κ3) is 4.46. The Morgan fingerprint density at radius 3 is 1.33 bits per heavy atom. The number of para-hydroxylation sites is 3. The molecule has 9 rings (SSSR count). The molecule has 9 aromatic rings. The maximum atomic E-state index is 2.43. The van der Waals surface area contributed by atoms with Crippen molar-refractivity contribution >= 4 is 97.1 Å². The van der Waals surface area contributed by atoms with Crippen LogP contribution in [0.1, 0.15) is 0 Å². The van der Waals surface area contributed by atoms with E-state index in [2.05, 4.69) is 180 Å². The molecule has 7 aromatic carbocycles. The molecule has 0 saturated heterocycles. The molecule has 0 aliphatic rings. The second-order valence-electron chi connectivity index (χ2n) is 11.4. The molecule has 0 saturated carbocycles. The lowest BCUT2D eigenvalue weighted by molar-refractivity contribution is 1.30. The zero-order chi connectivity index (χ0) is 30.5. The van der Waals surface area contributed by atoms with Crippen molar-refractivity contribution in [1.82, 2.24) is 0 Å². The molecule has 2 nitrogen and oxygen atoms in total. The van der Waals surface area contributed by atoms with Crippen LogP contribution < -0.4 is 9.80 Å². The van der Waals surface area contributed by atoms with Crippen molar-refractivity contribution in [2.75, 3.05) is 9.80 Å². The Bertz CT molecular complexity index is 2440. The van der Waals surface area contributed by atoms with Crippen molar-refractivity contribution in [3.05, 3.63) is 170 Å². The molecule has 218 valence electrons. The minimum atomic E-state index is 1.14. The highest BCUT2D eigenvalue weighted by molar-refractivity contribution is 7.27. The number of thiophene rings is 2. The van der Waals surface area contributed by atoms with E-state index in [4.69, 9.17) is 0 Å². The molecule has 0 spiro atoms. The van der Waals surface area contributed by atoms with Gasteiger partial charge >= 0.3 is 0 Å². The Labute approximate surface area is 275 Å². The summed E-state index contributed by atoms with van der Waals surface area (Å²) in [4.78, 5) is 4.80. The fourth-order valence-corrected chi connectivity index (χ4v) is 8.98. The van der Waals surface area contributed by atoms with Gasteiger partial charge < -0.3 is 9.80 Å². The molecule has 0 N–H and O–H groups in total. The van der Waals surface area contributed by atoms with E-state index in [1.54, 1.807) is 0 Å². The highest BCUT2D eigenvalue weighted by Crippen LogP contribution is 2.49. The summed E-state index contributed by atoms with van der Waals surface area (Å²) in [7, 11) is 0. The SMILES string of the molecule is c1ccc(N(c2ccccc2)c2cccc3c2sc2c(N(c4ccccc4)c4ccc5sc6ccccc6c5c4)cccc23)cc1. The molecule has 4 heteroatoms. The summed E-state index contributed by atoms with van der Waals surface area (Å²) >= 11 is 3.74. The van der Waals surface area contributed by atoms with Crippen molar-refractivity contribution < 1.29 is 0 Å². The lowest BCUT2D eigenvalue weighted by Gasteiger charge is -2.26. The summed E-state index contributed by atoms with van der Waals surface area (Å²) in [6.45, 7) is 0. The molecular formula is C42H28N2S2. The number of hydrogen-bond acceptors (Lipinski definition) is 4. The summed E-state index contributed by atoms with van der Waals surface area (Å²) in [5.74, 6) is 0. The number of hydrogen-bond donors (Lipinski definition) is 0. The Kier molecular flexibility index (Phi) is 6.55. The Balaban J connectivity index is 1.29. The zero-order valence-electron chi connectivity index (χ0n) is 24.9. The van der Waals surface area contributed by atoms with Crippen LogP contribution in [-0.4, -0.2) is 0 Å². The fraction of sp³-hybridized carbons (Fsp3) is 0. The number of fused-ring (bicyclic) bond motifs is 6. The molecule has 2 heterocycles. The Morgan fingerprint density at radius 2 is 0.761 bits per heavy atom. The van der Waals surface area contributed by atoms with Gasteiger partial charge in [-0.1, -0.05) is 97.1 Å². The molecule has 0 aliphatic carbocycles. The van der Waals surface area contributed by atoms with E-state index < -0.39 is 0 Å². The van der Waals surface area contributed by atoms with E-state index >= 15 is 0 Å². The molecule has 2 aromatic heterocycles. The van der Waals surface area contributed by atoms with Crippen LogP contribution in [0, 0.1) is 0 Å². The van der Waals surface area contributed by atoms with Gasteiger partial charge in [0.05, 0.1) is 20.8 Å². The minimum Gasteiger partial charge on any atom is -0.309 e. The lowest BCUT2D eigenvalue weighted by atomic mass is 10.1. The van der Waals surface area contributed by atoms with Crippen LogP contribution in [0.25, 0.3) is 40.3 Å². The molecule has 0 amide bonds. The normalized spacial score (nSPS) is 11.5. The van der Waals surface area contributed by atoms with E-state index in [9.17, 15) is 0 Å². The van der Waals surface area contributed by atoms with Crippen molar-refractivity contribution in [3.8, 4) is 0 Å². The first-order valence-corrected chi connectivity index (χ1v) is 17.1. The summed E-state index contributed by atoms with van der Waals surface area (Å²) in [5, 5.41) is 5.14. The molecule has 0 atom stereocenters. The van der Waals surface area contributed by atoms with Crippen molar-refractivity contribution in [1.29, 1.82) is 0 Å². The minimum absolute atomic E-state index is 1.14. The average Bonchev–Trinajstić information content (AvgIpc) is 3.69. The highest BCUT2D eigenvalue weighted by atomic mass is 32.1. The molecule has 0 bridgehead atoms. The zero-order valence-corrected chi connectivity index (χ0v) is 26.5. The summed E-state index contributed by atoms with van der Waals surface area (Å²) in [5.41, 5.74) is 6.94. The van der Waals surface area contributed by atoms with Gasteiger partial charge in [0.25, 0.3) is 0 Å². The monoisotopic (exact) mass is 624 g/mol. The molecule has 0 fully saturated rings. The summed E-state index contributed by atoms with van der Waals surface area (Å²) < 4.78 is 5.17. The molecule has 0 unspecified atom stereocenters. The van der Waals surface area contributed by atoms with Gasteiger partial charge in [0.2, 0.25) is 0 Å². The van der Waals surface area contributed by atoms with Crippen molar-refractivity contribution in [2.24, 2.45) is 0 Å². The summed E-state index contributed by atoms with van der Waals surface area (Å²) in [6, 6.07) is 61.2. The first-order valence-electron chi connectivity index (χ1n) is 15.4. The third-order valence-corrected chi connectivity index (χ3v) is 11.0. The molecular weight excluding hydrogens is 597 g/mol. The predicted molar refractivity (Wildman–Crippen MR) is 202 cm³/mol. The van der Waals surface area contributed by atoms with Gasteiger partial charge in [-0.3, -0.25) is 0 Å². The van der Waals surface area contributed by atoms with Gasteiger partial charge in [-0.25, -0.2) is 0 Å². The smallest absolute Gasteiger partial charge is 0.0640 e. The standard InChI is InChI=1S/C42H28N2S2/c1-4-14-29(15-5-1)43(30-16-6-2-7-17-30)37-23-12-21-34-35-22-13-24-38(42(35)46-41(34)37)44(31-18-8-3-9-19-31)32-26-27-40-36(28-32)33-20-10-11-25-39(33)45-40/h1-28H. The van der Waals surface area contributed by atoms with Crippen LogP contribution in [0.3, 0.4) is 0 Å². The van der Waals surface area contributed by atoms with Crippen LogP contribution in [0.5, 0.6) is 0 Å². The molecule has 0 aliphatic heterocycles. The van der Waals surface area contributed by atoms with Gasteiger partial charge in [0.1, 0.15) is 0 Å². The van der Waals surface area contributed by atoms with E-state index in [1.807, 2.05) is 22.7 Å². The van der Waals surface area contributed by atoms with Gasteiger partial charge in [-0.2, -0.15) is 0 Å². The highest BCUT2D eigenvalue weighted by Gasteiger charge is 2.22. The van der Waals surface area contributed by atoms with E-state index in [-0.39, 0.29) is 0 Å². The van der Waals surface area contributed by atoms with Crippen LogP contribution in [0.15, 0.2) is 170 Å². The van der Waals surface area contributed by atoms with Crippen LogP contribution >= 0.6 is 22.7 Å². The van der Waals surface area contributed by atoms with Crippen LogP contribution in [0.2, 0.25) is 0 Å². The average molecular weight is 625 g/mol. The Hall–Kier alpha value is -5.42. The Morgan fingerprint density at radius 1 is 0.304 bits per heavy atom. The predicted octanol–water partition coefficient (Wildman–Crippen LogP) is 13.4. The first-order chi connectivity index (χ1) is 22.8. The van der Waals surface area contributed by atoms with Gasteiger partial charge in [0.15, 0.2) is 0 Å². The number of nitrogens with zero attached hydrogens (tertiary/aromatic N) is 2. The number of benzene rings is 7. The van der Waals surface area contributed by atoms with Crippen LogP contribution in [0.4, 0.5) is 34.1 Å². The first kappa shape index (κ1) is 26.9. The quantitative estimate of drug-likeness (QED) is 0.182. The number of rotatable bonds is 6. The van der Waals surface area contributed by atoms with E-state index in [0.717, 1.165) is 22.7 Å². The van der Waals surface area contributed by atoms with Crippen molar-refractivity contribution in [3.63, 3.8) is 0 Å². The lowest BCUT2D eigenvalue weighted by Crippen LogP contribution is -2.09. The second-order valence-corrected chi connectivity index (χ2v) is 13.5. The van der Waals surface area contributed by atoms with Crippen molar-refractivity contribution in [2.45, 2.75) is 0 Å². The molecule has 0 radical (unpaired) electrons. The second kappa shape index (κ2) is 11.2. The summed E-state index contributed by atoms with van der Waals surface area (Å²) in [6.07, 6.45) is 0. The van der Waals surface area contributed by atoms with Gasteiger partial charge in [-0.05, 0) is 72.8 Å². The van der Waals surface area contributed by atoms with E-state index in [1.165, 1.54) is 51.7 Å². The van der Waals surface area contributed by atoms with Crippen LogP contribution in [-0.2, 0) is 0 Å². The molecule has 46 heavy (non-hydrogen) atoms.